The van der Waals surface area contributed by atoms with Crippen molar-refractivity contribution in [3.8, 4) is 0 Å². The van der Waals surface area contributed by atoms with E-state index in [1.807, 2.05) is 30.9 Å². The molecule has 1 aromatic rings. The van der Waals surface area contributed by atoms with Gasteiger partial charge in [0.2, 0.25) is 11.8 Å². The first-order valence-electron chi connectivity index (χ1n) is 8.99. The Morgan fingerprint density at radius 1 is 1.04 bits per heavy atom. The Labute approximate surface area is 145 Å². The van der Waals surface area contributed by atoms with Gasteiger partial charge in [0.25, 0.3) is 0 Å². The first kappa shape index (κ1) is 18.3. The van der Waals surface area contributed by atoms with E-state index in [-0.39, 0.29) is 17.7 Å². The molecule has 2 rings (SSSR count). The zero-order valence-electron chi connectivity index (χ0n) is 15.3. The van der Waals surface area contributed by atoms with E-state index in [1.165, 1.54) is 0 Å². The van der Waals surface area contributed by atoms with Crippen LogP contribution < -0.4 is 9.80 Å². The normalized spacial score (nSPS) is 17.2. The van der Waals surface area contributed by atoms with Gasteiger partial charge in [0.1, 0.15) is 0 Å². The Balaban J connectivity index is 2.10. The van der Waals surface area contributed by atoms with Gasteiger partial charge in [0, 0.05) is 50.5 Å². The van der Waals surface area contributed by atoms with E-state index in [0.717, 1.165) is 24.5 Å². The number of hydrogen-bond acceptors (Lipinski definition) is 3. The second-order valence-corrected chi connectivity index (χ2v) is 6.10. The first-order chi connectivity index (χ1) is 11.5. The van der Waals surface area contributed by atoms with Crippen LogP contribution in [0.25, 0.3) is 0 Å². The predicted octanol–water partition coefficient (Wildman–Crippen LogP) is 2.75. The monoisotopic (exact) mass is 331 g/mol. The quantitative estimate of drug-likeness (QED) is 0.772. The summed E-state index contributed by atoms with van der Waals surface area (Å²) in [5.74, 6) is -0.0911. The highest BCUT2D eigenvalue weighted by atomic mass is 16.2. The van der Waals surface area contributed by atoms with Crippen molar-refractivity contribution in [3.63, 3.8) is 0 Å². The number of rotatable bonds is 7. The van der Waals surface area contributed by atoms with E-state index < -0.39 is 0 Å². The highest BCUT2D eigenvalue weighted by molar-refractivity contribution is 6.00. The van der Waals surface area contributed by atoms with Gasteiger partial charge in [0.05, 0.1) is 5.92 Å². The Bertz CT molecular complexity index is 562. The summed E-state index contributed by atoms with van der Waals surface area (Å²) in [5, 5.41) is 0. The van der Waals surface area contributed by atoms with E-state index >= 15 is 0 Å². The average molecular weight is 331 g/mol. The highest BCUT2D eigenvalue weighted by Crippen LogP contribution is 2.28. The fourth-order valence-electron chi connectivity index (χ4n) is 3.35. The van der Waals surface area contributed by atoms with E-state index in [0.29, 0.717) is 26.1 Å². The number of benzene rings is 1. The van der Waals surface area contributed by atoms with Crippen LogP contribution in [0.1, 0.15) is 34.1 Å². The third kappa shape index (κ3) is 3.71. The van der Waals surface area contributed by atoms with Crippen LogP contribution in [0.5, 0.6) is 0 Å². The standard InChI is InChI=1S/C19H29N3O2/c1-5-20(6-2)16-9-11-17(12-10-16)22-14-15(13-18(22)23)19(24)21(7-3)8-4/h9-12,15H,5-8,13-14H2,1-4H3. The molecule has 0 spiro atoms. The molecule has 0 radical (unpaired) electrons. The molecule has 1 heterocycles. The SMILES string of the molecule is CCN(CC)C(=O)C1CC(=O)N(c2ccc(N(CC)CC)cc2)C1. The molecule has 1 atom stereocenters. The van der Waals surface area contributed by atoms with Gasteiger partial charge in [-0.15, -0.1) is 0 Å². The fourth-order valence-corrected chi connectivity index (χ4v) is 3.35. The lowest BCUT2D eigenvalue weighted by atomic mass is 10.1. The maximum atomic E-state index is 12.5. The van der Waals surface area contributed by atoms with Crippen LogP contribution in [-0.2, 0) is 9.59 Å². The van der Waals surface area contributed by atoms with Gasteiger partial charge in [0.15, 0.2) is 0 Å². The Morgan fingerprint density at radius 2 is 1.62 bits per heavy atom. The molecule has 1 aliphatic rings. The maximum Gasteiger partial charge on any atom is 0.227 e. The van der Waals surface area contributed by atoms with Crippen LogP contribution in [0.3, 0.4) is 0 Å². The second kappa shape index (κ2) is 8.18. The molecule has 24 heavy (non-hydrogen) atoms. The number of carbonyl (C=O) groups excluding carboxylic acids is 2. The summed E-state index contributed by atoms with van der Waals surface area (Å²) < 4.78 is 0. The van der Waals surface area contributed by atoms with E-state index in [2.05, 4.69) is 30.9 Å². The van der Waals surface area contributed by atoms with Gasteiger partial charge in [-0.25, -0.2) is 0 Å². The topological polar surface area (TPSA) is 43.9 Å². The zero-order chi connectivity index (χ0) is 17.7. The molecule has 1 aliphatic heterocycles. The van der Waals surface area contributed by atoms with Crippen LogP contribution in [0.4, 0.5) is 11.4 Å². The van der Waals surface area contributed by atoms with Gasteiger partial charge < -0.3 is 14.7 Å². The Morgan fingerprint density at radius 3 is 2.12 bits per heavy atom. The molecule has 0 aliphatic carbocycles. The van der Waals surface area contributed by atoms with Gasteiger partial charge in [-0.3, -0.25) is 9.59 Å². The smallest absolute Gasteiger partial charge is 0.227 e. The third-order valence-electron chi connectivity index (χ3n) is 4.84. The Hall–Kier alpha value is -2.04. The van der Waals surface area contributed by atoms with Crippen molar-refractivity contribution in [2.75, 3.05) is 42.5 Å². The van der Waals surface area contributed by atoms with Gasteiger partial charge in [-0.2, -0.15) is 0 Å². The van der Waals surface area contributed by atoms with Crippen molar-refractivity contribution >= 4 is 23.2 Å². The van der Waals surface area contributed by atoms with Crippen LogP contribution >= 0.6 is 0 Å². The molecule has 1 aromatic carbocycles. The van der Waals surface area contributed by atoms with Crippen molar-refractivity contribution < 1.29 is 9.59 Å². The summed E-state index contributed by atoms with van der Waals surface area (Å²) in [4.78, 5) is 30.7. The zero-order valence-corrected chi connectivity index (χ0v) is 15.3. The fraction of sp³-hybridized carbons (Fsp3) is 0.579. The molecule has 5 nitrogen and oxygen atoms in total. The van der Waals surface area contributed by atoms with Crippen molar-refractivity contribution in [2.45, 2.75) is 34.1 Å². The molecule has 1 unspecified atom stereocenters. The summed E-state index contributed by atoms with van der Waals surface area (Å²) in [6.07, 6.45) is 0.313. The predicted molar refractivity (Wildman–Crippen MR) is 98.4 cm³/mol. The molecule has 1 saturated heterocycles. The van der Waals surface area contributed by atoms with Gasteiger partial charge in [-0.1, -0.05) is 0 Å². The number of carbonyl (C=O) groups is 2. The van der Waals surface area contributed by atoms with E-state index in [9.17, 15) is 9.59 Å². The molecule has 5 heteroatoms. The summed E-state index contributed by atoms with van der Waals surface area (Å²) >= 11 is 0. The molecule has 132 valence electrons. The summed E-state index contributed by atoms with van der Waals surface area (Å²) in [7, 11) is 0. The summed E-state index contributed by atoms with van der Waals surface area (Å²) in [6, 6.07) is 8.07. The lowest BCUT2D eigenvalue weighted by molar-refractivity contribution is -0.135. The molecule has 0 bridgehead atoms. The molecule has 0 saturated carbocycles. The lowest BCUT2D eigenvalue weighted by Crippen LogP contribution is -2.37. The summed E-state index contributed by atoms with van der Waals surface area (Å²) in [6.45, 7) is 12.0. The van der Waals surface area contributed by atoms with E-state index in [1.54, 1.807) is 4.90 Å². The molecular formula is C19H29N3O2. The lowest BCUT2D eigenvalue weighted by Gasteiger charge is -2.24. The minimum absolute atomic E-state index is 0.0381. The van der Waals surface area contributed by atoms with Gasteiger partial charge >= 0.3 is 0 Å². The van der Waals surface area contributed by atoms with Crippen molar-refractivity contribution in [1.82, 2.24) is 4.90 Å². The molecule has 1 fully saturated rings. The number of amides is 2. The third-order valence-corrected chi connectivity index (χ3v) is 4.84. The number of anilines is 2. The summed E-state index contributed by atoms with van der Waals surface area (Å²) in [5.41, 5.74) is 2.04. The minimum atomic E-state index is -0.222. The molecule has 0 aromatic heterocycles. The molecular weight excluding hydrogens is 302 g/mol. The van der Waals surface area contributed by atoms with Crippen LogP contribution in [-0.4, -0.2) is 49.4 Å². The van der Waals surface area contributed by atoms with E-state index in [4.69, 9.17) is 0 Å². The van der Waals surface area contributed by atoms with Crippen LogP contribution in [0, 0.1) is 5.92 Å². The maximum absolute atomic E-state index is 12.5. The largest absolute Gasteiger partial charge is 0.372 e. The van der Waals surface area contributed by atoms with Crippen LogP contribution in [0.2, 0.25) is 0 Å². The molecule has 2 amide bonds. The number of nitrogens with zero attached hydrogens (tertiary/aromatic N) is 3. The first-order valence-corrected chi connectivity index (χ1v) is 8.99. The van der Waals surface area contributed by atoms with Gasteiger partial charge in [-0.05, 0) is 52.0 Å². The van der Waals surface area contributed by atoms with Crippen LogP contribution in [0.15, 0.2) is 24.3 Å². The van der Waals surface area contributed by atoms with Crippen molar-refractivity contribution in [2.24, 2.45) is 5.92 Å². The molecule has 0 N–H and O–H groups in total. The van der Waals surface area contributed by atoms with Crippen molar-refractivity contribution in [3.05, 3.63) is 24.3 Å². The Kier molecular flexibility index (Phi) is 6.23. The highest BCUT2D eigenvalue weighted by Gasteiger charge is 2.36. The average Bonchev–Trinajstić information content (AvgIpc) is 2.99. The number of hydrogen-bond donors (Lipinski definition) is 0. The van der Waals surface area contributed by atoms with Crippen molar-refractivity contribution in [1.29, 1.82) is 0 Å². The second-order valence-electron chi connectivity index (χ2n) is 6.10. The minimum Gasteiger partial charge on any atom is -0.372 e.